The molecular formula is C12H13IN2O5. The Kier molecular flexibility index (Phi) is 4.76. The van der Waals surface area contributed by atoms with Crippen molar-refractivity contribution >= 4 is 39.9 Å². The highest BCUT2D eigenvalue weighted by Crippen LogP contribution is 2.32. The lowest BCUT2D eigenvalue weighted by molar-refractivity contribution is -0.384. The topological polar surface area (TPSA) is 81.9 Å². The summed E-state index contributed by atoms with van der Waals surface area (Å²) in [6.45, 7) is 0.980. The Morgan fingerprint density at radius 2 is 2.35 bits per heavy atom. The van der Waals surface area contributed by atoms with Crippen molar-refractivity contribution < 1.29 is 19.2 Å². The van der Waals surface area contributed by atoms with Crippen LogP contribution >= 0.6 is 22.6 Å². The molecule has 1 atom stereocenters. The Morgan fingerprint density at radius 1 is 1.60 bits per heavy atom. The maximum absolute atomic E-state index is 11.8. The molecule has 0 bridgehead atoms. The van der Waals surface area contributed by atoms with Crippen LogP contribution in [0.4, 0.5) is 11.4 Å². The van der Waals surface area contributed by atoms with E-state index in [-0.39, 0.29) is 12.3 Å². The van der Waals surface area contributed by atoms with Crippen LogP contribution in [-0.4, -0.2) is 43.8 Å². The summed E-state index contributed by atoms with van der Waals surface area (Å²) >= 11 is 2.01. The normalized spacial score (nSPS) is 18.7. The van der Waals surface area contributed by atoms with Crippen LogP contribution in [0.5, 0.6) is 0 Å². The van der Waals surface area contributed by atoms with E-state index < -0.39 is 16.9 Å². The lowest BCUT2D eigenvalue weighted by Gasteiger charge is -2.35. The standard InChI is InChI=1S/C12H13IN2O5/c1-19-12(16)11-7-20-5-4-14(11)9-3-2-8(13)6-10(9)15(17)18/h2-3,6,11H,4-5,7H2,1H3. The third kappa shape index (κ3) is 3.01. The molecule has 108 valence electrons. The van der Waals surface area contributed by atoms with Gasteiger partial charge < -0.3 is 14.4 Å². The zero-order chi connectivity index (χ0) is 14.7. The van der Waals surface area contributed by atoms with Crippen molar-refractivity contribution in [1.82, 2.24) is 0 Å². The highest BCUT2D eigenvalue weighted by atomic mass is 127. The minimum absolute atomic E-state index is 0.0206. The molecule has 8 heteroatoms. The Morgan fingerprint density at radius 3 is 3.00 bits per heavy atom. The number of carbonyl (C=O) groups is 1. The summed E-state index contributed by atoms with van der Waals surface area (Å²) in [4.78, 5) is 24.2. The van der Waals surface area contributed by atoms with Gasteiger partial charge in [0, 0.05) is 16.2 Å². The van der Waals surface area contributed by atoms with Crippen LogP contribution in [0.3, 0.4) is 0 Å². The molecule has 1 unspecified atom stereocenters. The molecular weight excluding hydrogens is 379 g/mol. The zero-order valence-corrected chi connectivity index (χ0v) is 12.9. The van der Waals surface area contributed by atoms with Crippen LogP contribution in [-0.2, 0) is 14.3 Å². The number of carbonyl (C=O) groups excluding carboxylic acids is 1. The average Bonchev–Trinajstić information content (AvgIpc) is 2.46. The maximum atomic E-state index is 11.8. The van der Waals surface area contributed by atoms with Crippen LogP contribution < -0.4 is 4.90 Å². The third-order valence-corrected chi connectivity index (χ3v) is 3.72. The molecule has 1 saturated heterocycles. The second kappa shape index (κ2) is 6.35. The quantitative estimate of drug-likeness (QED) is 0.336. The van der Waals surface area contributed by atoms with E-state index in [0.717, 1.165) is 3.57 Å². The number of methoxy groups -OCH3 is 1. The van der Waals surface area contributed by atoms with E-state index in [1.54, 1.807) is 17.0 Å². The molecule has 1 heterocycles. The van der Waals surface area contributed by atoms with Gasteiger partial charge in [-0.25, -0.2) is 4.79 Å². The van der Waals surface area contributed by atoms with Crippen LogP contribution in [0.2, 0.25) is 0 Å². The maximum Gasteiger partial charge on any atom is 0.330 e. The molecule has 1 aliphatic heterocycles. The summed E-state index contributed by atoms with van der Waals surface area (Å²) in [5, 5.41) is 11.2. The van der Waals surface area contributed by atoms with Gasteiger partial charge in [0.15, 0.2) is 6.04 Å². The SMILES string of the molecule is COC(=O)C1COCCN1c1ccc(I)cc1[N+](=O)[O-]. The first kappa shape index (κ1) is 15.0. The van der Waals surface area contributed by atoms with Gasteiger partial charge in [0.25, 0.3) is 5.69 Å². The zero-order valence-electron chi connectivity index (χ0n) is 10.7. The number of ether oxygens (including phenoxy) is 2. The summed E-state index contributed by atoms with van der Waals surface area (Å²) in [6, 6.07) is 4.25. The van der Waals surface area contributed by atoms with E-state index in [4.69, 9.17) is 9.47 Å². The van der Waals surface area contributed by atoms with E-state index in [9.17, 15) is 14.9 Å². The van der Waals surface area contributed by atoms with Gasteiger partial charge in [-0.05, 0) is 34.7 Å². The van der Waals surface area contributed by atoms with E-state index in [0.29, 0.717) is 18.8 Å². The second-order valence-electron chi connectivity index (χ2n) is 4.20. The highest BCUT2D eigenvalue weighted by molar-refractivity contribution is 14.1. The van der Waals surface area contributed by atoms with Gasteiger partial charge in [0.05, 0.1) is 25.2 Å². The average molecular weight is 392 g/mol. The second-order valence-corrected chi connectivity index (χ2v) is 5.44. The van der Waals surface area contributed by atoms with Gasteiger partial charge in [-0.15, -0.1) is 0 Å². The van der Waals surface area contributed by atoms with Gasteiger partial charge in [0.2, 0.25) is 0 Å². The molecule has 20 heavy (non-hydrogen) atoms. The first-order chi connectivity index (χ1) is 9.54. The van der Waals surface area contributed by atoms with Crippen LogP contribution in [0.1, 0.15) is 0 Å². The number of nitro groups is 1. The van der Waals surface area contributed by atoms with Crippen LogP contribution in [0.15, 0.2) is 18.2 Å². The lowest BCUT2D eigenvalue weighted by Crippen LogP contribution is -2.50. The predicted octanol–water partition coefficient (Wildman–Crippen LogP) is 1.58. The number of rotatable bonds is 3. The number of halogens is 1. The van der Waals surface area contributed by atoms with Crippen molar-refractivity contribution in [2.75, 3.05) is 31.8 Å². The summed E-state index contributed by atoms with van der Waals surface area (Å²) in [7, 11) is 1.29. The van der Waals surface area contributed by atoms with E-state index in [1.165, 1.54) is 13.2 Å². The van der Waals surface area contributed by atoms with Gasteiger partial charge >= 0.3 is 5.97 Å². The minimum atomic E-state index is -0.660. The van der Waals surface area contributed by atoms with E-state index in [1.807, 2.05) is 22.6 Å². The Bertz CT molecular complexity index is 537. The van der Waals surface area contributed by atoms with Gasteiger partial charge in [-0.2, -0.15) is 0 Å². The molecule has 2 rings (SSSR count). The number of anilines is 1. The molecule has 7 nitrogen and oxygen atoms in total. The number of esters is 1. The first-order valence-electron chi connectivity index (χ1n) is 5.90. The van der Waals surface area contributed by atoms with E-state index in [2.05, 4.69) is 0 Å². The van der Waals surface area contributed by atoms with Crippen molar-refractivity contribution in [3.8, 4) is 0 Å². The molecule has 0 saturated carbocycles. The molecule has 0 amide bonds. The molecule has 0 aliphatic carbocycles. The van der Waals surface area contributed by atoms with Crippen molar-refractivity contribution in [2.45, 2.75) is 6.04 Å². The summed E-state index contributed by atoms with van der Waals surface area (Å²) in [5.74, 6) is -0.461. The van der Waals surface area contributed by atoms with Gasteiger partial charge in [-0.3, -0.25) is 10.1 Å². The fraction of sp³-hybridized carbons (Fsp3) is 0.417. The van der Waals surface area contributed by atoms with Gasteiger partial charge in [0.1, 0.15) is 5.69 Å². The van der Waals surface area contributed by atoms with Crippen molar-refractivity contribution in [3.63, 3.8) is 0 Å². The van der Waals surface area contributed by atoms with Crippen LogP contribution in [0, 0.1) is 13.7 Å². The fourth-order valence-electron chi connectivity index (χ4n) is 2.11. The molecule has 0 N–H and O–H groups in total. The van der Waals surface area contributed by atoms with Crippen molar-refractivity contribution in [1.29, 1.82) is 0 Å². The number of benzene rings is 1. The highest BCUT2D eigenvalue weighted by Gasteiger charge is 2.34. The smallest absolute Gasteiger partial charge is 0.330 e. The van der Waals surface area contributed by atoms with Gasteiger partial charge in [-0.1, -0.05) is 0 Å². The predicted molar refractivity (Wildman–Crippen MR) is 79.8 cm³/mol. The Hall–Kier alpha value is -1.42. The molecule has 1 fully saturated rings. The molecule has 1 aromatic rings. The summed E-state index contributed by atoms with van der Waals surface area (Å²) < 4.78 is 10.8. The number of hydrogen-bond acceptors (Lipinski definition) is 6. The Labute approximate surface area is 129 Å². The Balaban J connectivity index is 2.42. The van der Waals surface area contributed by atoms with E-state index >= 15 is 0 Å². The minimum Gasteiger partial charge on any atom is -0.467 e. The molecule has 0 aromatic heterocycles. The summed E-state index contributed by atoms with van der Waals surface area (Å²) in [5.41, 5.74) is 0.391. The number of hydrogen-bond donors (Lipinski definition) is 0. The molecule has 0 spiro atoms. The first-order valence-corrected chi connectivity index (χ1v) is 6.98. The number of nitro benzene ring substituents is 1. The molecule has 1 aliphatic rings. The molecule has 0 radical (unpaired) electrons. The van der Waals surface area contributed by atoms with Crippen LogP contribution in [0.25, 0.3) is 0 Å². The third-order valence-electron chi connectivity index (χ3n) is 3.05. The van der Waals surface area contributed by atoms with Crippen molar-refractivity contribution in [3.05, 3.63) is 31.9 Å². The largest absolute Gasteiger partial charge is 0.467 e. The molecule has 1 aromatic carbocycles. The number of morpholine rings is 1. The lowest BCUT2D eigenvalue weighted by atomic mass is 10.1. The monoisotopic (exact) mass is 392 g/mol. The fourth-order valence-corrected chi connectivity index (χ4v) is 2.58. The summed E-state index contributed by atoms with van der Waals surface area (Å²) in [6.07, 6.45) is 0. The number of nitrogens with zero attached hydrogens (tertiary/aromatic N) is 2. The van der Waals surface area contributed by atoms with Crippen molar-refractivity contribution in [2.24, 2.45) is 0 Å².